The van der Waals surface area contributed by atoms with Gasteiger partial charge in [-0.2, -0.15) is 18.2 Å². The van der Waals surface area contributed by atoms with E-state index >= 15 is 0 Å². The van der Waals surface area contributed by atoms with Gasteiger partial charge in [-0.05, 0) is 144 Å². The third kappa shape index (κ3) is 13.5. The molecule has 113 heavy (non-hydrogen) atoms. The number of benzene rings is 15. The maximum atomic E-state index is 11.5. The molecule has 0 unspecified atom stereocenters. The summed E-state index contributed by atoms with van der Waals surface area (Å²) in [7, 11) is -13.7. The molecule has 18 aromatic rings. The Morgan fingerprint density at radius 2 is 0.867 bits per heavy atom. The Labute approximate surface area is 744 Å². The Balaban J connectivity index is 0.0000170. The molecule has 15 aromatic carbocycles. The predicted molar refractivity (Wildman–Crippen MR) is 471 cm³/mol. The van der Waals surface area contributed by atoms with Gasteiger partial charge >= 0.3 is 0 Å². The maximum Gasteiger partial charge on any atom is 0.268 e. The molecule has 0 bridgehead atoms. The van der Waals surface area contributed by atoms with Gasteiger partial charge in [0, 0.05) is 54.0 Å². The molecule has 0 atom stereocenters. The van der Waals surface area contributed by atoms with Crippen LogP contribution in [-0.2, 0) is 31.9 Å². The van der Waals surface area contributed by atoms with Crippen molar-refractivity contribution in [1.82, 2.24) is 14.1 Å². The minimum atomic E-state index is -6.85. The fourth-order valence-electron chi connectivity index (χ4n) is 14.0. The first kappa shape index (κ1) is 37.8. The van der Waals surface area contributed by atoms with Gasteiger partial charge in [-0.1, -0.05) is 374 Å². The molecule has 3 heterocycles. The summed E-state index contributed by atoms with van der Waals surface area (Å²) in [4.78, 5) is 4.71. The SMILES string of the molecule is [2H]c1c([2H])c([2H])c(-c2cnc(-n3c4[c-]c(Oc5[c-]c(-n6[c-][n+](-c7c(-c8c([2H])c([2H])c([2H])c([Si](c9c([2H])c([2H])c([2H])c([2H])c9[2H])(c9c([2H])c([2H])c([2H])c([2H])c9[2H])c9c([2H])c([2H])c([2H])c([2H])c9[2H])c8[2H])cccc7-c7c([2H])c([2H])c([2H])c([Si](c8c([2H])c([2H])c([2H])c([2H])c8[2H])(c8c([2H])c([2H])c([2H])c([2H])c8[2H])c8c([2H])c([2H])c([2H])c([2H])c8[2H])c7[2H])c7ccc(-c8cc(C(C)(C)C)cc(C(C)(C)C)c8)cc76)ccc5)ccc4c4ccccc43)cc2C([2H])([2H])[2H])c([2H])c1[2H].[Pt]. The van der Waals surface area contributed by atoms with Gasteiger partial charge in [0.05, 0.1) is 75.7 Å². The van der Waals surface area contributed by atoms with Crippen LogP contribution < -0.4 is 50.8 Å². The van der Waals surface area contributed by atoms with Gasteiger partial charge in [-0.15, -0.1) is 29.7 Å². The standard InChI is InChI=1S/C105H84N4OSi2.Pt/c1-74-63-102(106-72-97(74)75-35-15-8-16-36-75)109-98-58-30-29-55-95(98)96-61-60-84(71-100(96)109)110-83-40-33-39-82(70-83)107-73-108(99-62-59-76(68-101(99)107)79-64-80(104(2,3)4)69-81(65-79)105(5,6)7)103-93(77-37-31-53-91(66-77)111(85-41-17-9-18-42-85,86-43-19-10-20-44-86)87-45-21-11-22-46-87)56-34-57-94(103)78-38-32-54-92(67-78)112(88-47-23-12-24-48-88,89-49-25-13-26-50-89)90-51-27-14-28-52-90;/h8-69,72H,1-7H3;/q-2;/i1D3,8D,9D,10D,11D,12D,13D,14D,15D,16D,17D,18D,19D,20D,21D,22D,23D,24D,25D,26D,27D,28D,31D,32D,35D,36D,37D,38D,41D,42D,43D,44D,45D,46D,47D,48D,49D,50D,51D,52D,53D,54D,66D,67D;. The molecular formula is C105H84N4OPtSi2-2. The zero-order valence-electron chi connectivity index (χ0n) is 107. The van der Waals surface area contributed by atoms with Gasteiger partial charge in [0.1, 0.15) is 5.82 Å². The van der Waals surface area contributed by atoms with E-state index in [9.17, 15) is 43.9 Å². The van der Waals surface area contributed by atoms with Gasteiger partial charge in [0.15, 0.2) is 16.1 Å². The summed E-state index contributed by atoms with van der Waals surface area (Å²) < 4.78 is 456. The number of aryl methyl sites for hydroxylation is 1. The second-order valence-corrected chi connectivity index (χ2v) is 35.0. The van der Waals surface area contributed by atoms with Crippen LogP contribution in [0.1, 0.15) is 121 Å². The average molecular weight is 1720 g/mol. The number of imidazole rings is 1. The van der Waals surface area contributed by atoms with Crippen molar-refractivity contribution >= 4 is 90.5 Å². The minimum absolute atomic E-state index is 0. The Morgan fingerprint density at radius 3 is 1.37 bits per heavy atom. The molecule has 18 rings (SSSR count). The summed E-state index contributed by atoms with van der Waals surface area (Å²) in [6, 6.07) is -18.1. The molecule has 0 spiro atoms. The molecule has 0 N–H and O–H groups in total. The number of fused-ring (bicyclic) bond motifs is 4. The van der Waals surface area contributed by atoms with Crippen molar-refractivity contribution in [2.75, 3.05) is 0 Å². The van der Waals surface area contributed by atoms with E-state index < -0.39 is 374 Å². The monoisotopic (exact) mass is 1710 g/mol. The van der Waals surface area contributed by atoms with Crippen LogP contribution in [-0.4, -0.2) is 30.3 Å². The number of ether oxygens (including phenoxy) is 1. The first-order valence-corrected chi connectivity index (χ1v) is 39.0. The molecule has 0 radical (unpaired) electrons. The van der Waals surface area contributed by atoms with Crippen LogP contribution >= 0.6 is 0 Å². The molecule has 0 saturated heterocycles. The molecule has 0 aliphatic rings. The second kappa shape index (κ2) is 30.4. The fraction of sp³-hybridized carbons (Fsp3) is 0.0857. The smallest absolute Gasteiger partial charge is 0.268 e. The van der Waals surface area contributed by atoms with Crippen LogP contribution in [0.2, 0.25) is 0 Å². The molecule has 8 heteroatoms. The molecule has 5 nitrogen and oxygen atoms in total. The molecule has 0 amide bonds. The minimum Gasteiger partial charge on any atom is -0.510 e. The molecular weight excluding hydrogens is 1580 g/mol. The topological polar surface area (TPSA) is 35.9 Å². The van der Waals surface area contributed by atoms with Crippen LogP contribution in [0, 0.1) is 25.3 Å². The van der Waals surface area contributed by atoms with E-state index in [1.54, 1.807) is 47.0 Å². The Morgan fingerprint density at radius 1 is 0.398 bits per heavy atom. The molecule has 0 aliphatic heterocycles. The second-order valence-electron chi connectivity index (χ2n) is 28.0. The number of hydrogen-bond acceptors (Lipinski definition) is 2. The number of rotatable bonds is 17. The van der Waals surface area contributed by atoms with Gasteiger partial charge < -0.3 is 13.9 Å². The van der Waals surface area contributed by atoms with Crippen molar-refractivity contribution in [3.63, 3.8) is 0 Å². The molecule has 0 aliphatic carbocycles. The van der Waals surface area contributed by atoms with Crippen molar-refractivity contribution in [1.29, 1.82) is 0 Å². The van der Waals surface area contributed by atoms with Crippen LogP contribution in [0.3, 0.4) is 0 Å². The van der Waals surface area contributed by atoms with E-state index in [2.05, 4.69) is 18.5 Å². The fourth-order valence-corrected chi connectivity index (χ4v) is 21.1. The van der Waals surface area contributed by atoms with Crippen LogP contribution in [0.25, 0.3) is 94.5 Å². The summed E-state index contributed by atoms with van der Waals surface area (Å²) in [5.41, 5.74) is -3.73. The molecule has 3 aromatic heterocycles. The van der Waals surface area contributed by atoms with Crippen molar-refractivity contribution in [2.45, 2.75) is 59.2 Å². The quantitative estimate of drug-likeness (QED) is 0.0394. The summed E-state index contributed by atoms with van der Waals surface area (Å²) in [5.74, 6) is -0.281. The van der Waals surface area contributed by atoms with Gasteiger partial charge in [0.25, 0.3) is 6.33 Å². The van der Waals surface area contributed by atoms with Crippen LogP contribution in [0.5, 0.6) is 11.5 Å². The number of nitrogens with zero attached hydrogens (tertiary/aromatic N) is 4. The maximum absolute atomic E-state index is 11.5. The first-order valence-electron chi connectivity index (χ1n) is 58.0. The summed E-state index contributed by atoms with van der Waals surface area (Å²) >= 11 is 0. The number of para-hydroxylation sites is 2. The first-order chi connectivity index (χ1) is 73.7. The summed E-state index contributed by atoms with van der Waals surface area (Å²) in [6.07, 6.45) is 4.45. The average Bonchev–Trinajstić information content (AvgIpc) is 1.02. The summed E-state index contributed by atoms with van der Waals surface area (Å²) in [5, 5.41) is -9.19. The zero-order chi connectivity index (χ0) is 116. The third-order valence-electron chi connectivity index (χ3n) is 19.4. The van der Waals surface area contributed by atoms with E-state index in [1.807, 2.05) is 59.7 Å². The van der Waals surface area contributed by atoms with Crippen LogP contribution in [0.4, 0.5) is 0 Å². The number of aromatic nitrogens is 4. The van der Waals surface area contributed by atoms with Crippen LogP contribution in [0.15, 0.2) is 381 Å². The van der Waals surface area contributed by atoms with Gasteiger partial charge in [-0.25, -0.2) is 4.98 Å². The van der Waals surface area contributed by atoms with Crippen molar-refractivity contribution in [3.8, 4) is 73.2 Å². The number of hydrogen-bond donors (Lipinski definition) is 0. The van der Waals surface area contributed by atoms with Crippen molar-refractivity contribution in [3.05, 3.63) is 416 Å². The Bertz CT molecular complexity index is 8550. The normalized spacial score (nSPS) is 17.8. The third-order valence-corrected chi connectivity index (χ3v) is 27.4. The van der Waals surface area contributed by atoms with E-state index in [0.29, 0.717) is 27.4 Å². The van der Waals surface area contributed by atoms with Gasteiger partial charge in [0.2, 0.25) is 0 Å². The summed E-state index contributed by atoms with van der Waals surface area (Å²) in [6.45, 7) is 8.90. The van der Waals surface area contributed by atoms with Crippen molar-refractivity contribution < 1.29 is 93.4 Å². The molecule has 550 valence electrons. The van der Waals surface area contributed by atoms with E-state index in [1.165, 1.54) is 41.0 Å². The zero-order valence-corrected chi connectivity index (χ0v) is 64.8. The Kier molecular flexibility index (Phi) is 10.2. The molecule has 0 saturated carbocycles. The predicted octanol–water partition coefficient (Wildman–Crippen LogP) is 19.9. The molecule has 0 fully saturated rings. The van der Waals surface area contributed by atoms with E-state index in [4.69, 9.17) is 28.9 Å². The van der Waals surface area contributed by atoms with E-state index in [0.717, 1.165) is 40.1 Å². The number of pyridine rings is 1. The van der Waals surface area contributed by atoms with E-state index in [-0.39, 0.29) is 66.2 Å². The van der Waals surface area contributed by atoms with Crippen molar-refractivity contribution in [2.24, 2.45) is 0 Å². The largest absolute Gasteiger partial charge is 0.510 e. The Hall–Kier alpha value is -12.4. The van der Waals surface area contributed by atoms with Gasteiger partial charge in [-0.3, -0.25) is 4.57 Å².